The first-order chi connectivity index (χ1) is 5.06. The molecule has 2 aliphatic rings. The van der Waals surface area contributed by atoms with E-state index in [1.807, 2.05) is 0 Å². The van der Waals surface area contributed by atoms with E-state index in [9.17, 15) is 0 Å². The Kier molecular flexibility index (Phi) is 1.39. The molecule has 0 amide bonds. The Bertz CT molecular complexity index is 168. The van der Waals surface area contributed by atoms with Crippen molar-refractivity contribution in [3.63, 3.8) is 0 Å². The van der Waals surface area contributed by atoms with Gasteiger partial charge in [-0.05, 0) is 36.1 Å². The summed E-state index contributed by atoms with van der Waals surface area (Å²) >= 11 is 0. The molecular formula is C10H19N. The van der Waals surface area contributed by atoms with Crippen LogP contribution in [-0.4, -0.2) is 13.1 Å². The molecule has 2 rings (SSSR count). The molecule has 1 aliphatic carbocycles. The lowest BCUT2D eigenvalue weighted by molar-refractivity contribution is -0.0319. The van der Waals surface area contributed by atoms with Crippen LogP contribution in [0.15, 0.2) is 0 Å². The Balaban J connectivity index is 2.22. The quantitative estimate of drug-likeness (QED) is 0.561. The highest BCUT2D eigenvalue weighted by Gasteiger charge is 2.56. The maximum absolute atomic E-state index is 3.53. The molecule has 1 heterocycles. The number of rotatable bonds is 0. The van der Waals surface area contributed by atoms with Gasteiger partial charge in [0.15, 0.2) is 0 Å². The van der Waals surface area contributed by atoms with Gasteiger partial charge in [-0.2, -0.15) is 0 Å². The van der Waals surface area contributed by atoms with Gasteiger partial charge >= 0.3 is 0 Å². The third-order valence-electron chi connectivity index (χ3n) is 4.05. The Morgan fingerprint density at radius 1 is 1.36 bits per heavy atom. The lowest BCUT2D eigenvalue weighted by atomic mass is 9.51. The average Bonchev–Trinajstić information content (AvgIpc) is 2.06. The summed E-state index contributed by atoms with van der Waals surface area (Å²) in [6.45, 7) is 9.73. The predicted octanol–water partition coefficient (Wildman–Crippen LogP) is 2.03. The van der Waals surface area contributed by atoms with Gasteiger partial charge in [0.2, 0.25) is 0 Å². The van der Waals surface area contributed by atoms with E-state index < -0.39 is 0 Å². The highest BCUT2D eigenvalue weighted by Crippen LogP contribution is 2.59. The lowest BCUT2D eigenvalue weighted by Crippen LogP contribution is -2.49. The predicted molar refractivity (Wildman–Crippen MR) is 47.5 cm³/mol. The summed E-state index contributed by atoms with van der Waals surface area (Å²) in [4.78, 5) is 0. The molecule has 0 bridgehead atoms. The van der Waals surface area contributed by atoms with Gasteiger partial charge in [-0.15, -0.1) is 0 Å². The maximum Gasteiger partial charge on any atom is 0.00161 e. The largest absolute Gasteiger partial charge is 0.316 e. The Morgan fingerprint density at radius 2 is 2.09 bits per heavy atom. The molecule has 1 N–H and O–H groups in total. The summed E-state index contributed by atoms with van der Waals surface area (Å²) in [6, 6.07) is 0. The third kappa shape index (κ3) is 0.807. The van der Waals surface area contributed by atoms with Gasteiger partial charge < -0.3 is 5.32 Å². The van der Waals surface area contributed by atoms with Crippen LogP contribution in [0.5, 0.6) is 0 Å². The van der Waals surface area contributed by atoms with Crippen molar-refractivity contribution in [3.05, 3.63) is 0 Å². The van der Waals surface area contributed by atoms with Gasteiger partial charge in [0.25, 0.3) is 0 Å². The monoisotopic (exact) mass is 153 g/mol. The first kappa shape index (κ1) is 7.60. The van der Waals surface area contributed by atoms with E-state index in [2.05, 4.69) is 26.1 Å². The molecule has 64 valence electrons. The topological polar surface area (TPSA) is 12.0 Å². The highest BCUT2D eigenvalue weighted by atomic mass is 15.0. The van der Waals surface area contributed by atoms with Crippen LogP contribution < -0.4 is 5.32 Å². The van der Waals surface area contributed by atoms with Gasteiger partial charge in [-0.25, -0.2) is 0 Å². The molecule has 0 aromatic heterocycles. The van der Waals surface area contributed by atoms with Crippen molar-refractivity contribution in [1.29, 1.82) is 0 Å². The smallest absolute Gasteiger partial charge is 0.00161 e. The first-order valence-electron chi connectivity index (χ1n) is 4.77. The molecule has 1 aliphatic heterocycles. The van der Waals surface area contributed by atoms with Crippen LogP contribution in [0.3, 0.4) is 0 Å². The minimum Gasteiger partial charge on any atom is -0.316 e. The molecule has 0 aromatic rings. The SMILES string of the molecule is CC(C)(C)C12CCC1CNC2. The van der Waals surface area contributed by atoms with Gasteiger partial charge in [-0.1, -0.05) is 20.8 Å². The lowest BCUT2D eigenvalue weighted by Gasteiger charge is -2.53. The average molecular weight is 153 g/mol. The van der Waals surface area contributed by atoms with Crippen molar-refractivity contribution < 1.29 is 0 Å². The summed E-state index contributed by atoms with van der Waals surface area (Å²) in [6.07, 6.45) is 2.92. The van der Waals surface area contributed by atoms with Crippen LogP contribution in [0, 0.1) is 16.7 Å². The third-order valence-corrected chi connectivity index (χ3v) is 4.05. The zero-order valence-electron chi connectivity index (χ0n) is 7.91. The summed E-state index contributed by atoms with van der Waals surface area (Å²) in [5, 5.41) is 3.53. The molecule has 0 aromatic carbocycles. The molecule has 2 fully saturated rings. The zero-order valence-corrected chi connectivity index (χ0v) is 7.91. The minimum absolute atomic E-state index is 0.513. The Morgan fingerprint density at radius 3 is 2.36 bits per heavy atom. The number of nitrogens with one attached hydrogen (secondary N) is 1. The van der Waals surface area contributed by atoms with Crippen molar-refractivity contribution in [1.82, 2.24) is 5.32 Å². The van der Waals surface area contributed by atoms with Gasteiger partial charge in [0.1, 0.15) is 0 Å². The molecule has 0 spiro atoms. The van der Waals surface area contributed by atoms with E-state index in [0.717, 1.165) is 5.92 Å². The van der Waals surface area contributed by atoms with Crippen LogP contribution in [0.4, 0.5) is 0 Å². The van der Waals surface area contributed by atoms with Crippen LogP contribution in [0.2, 0.25) is 0 Å². The first-order valence-corrected chi connectivity index (χ1v) is 4.77. The standard InChI is InChI=1S/C10H19N/c1-9(2,3)10-5-4-8(10)6-11-7-10/h8,11H,4-7H2,1-3H3. The van der Waals surface area contributed by atoms with E-state index in [4.69, 9.17) is 0 Å². The van der Waals surface area contributed by atoms with E-state index in [-0.39, 0.29) is 0 Å². The molecular weight excluding hydrogens is 134 g/mol. The Labute approximate surface area is 69.6 Å². The van der Waals surface area contributed by atoms with Gasteiger partial charge in [0, 0.05) is 6.54 Å². The summed E-state index contributed by atoms with van der Waals surface area (Å²) in [5.74, 6) is 0.988. The second-order valence-electron chi connectivity index (χ2n) is 5.27. The van der Waals surface area contributed by atoms with Crippen molar-refractivity contribution in [2.75, 3.05) is 13.1 Å². The Hall–Kier alpha value is -0.0400. The van der Waals surface area contributed by atoms with Crippen LogP contribution in [0.25, 0.3) is 0 Å². The fourth-order valence-corrected chi connectivity index (χ4v) is 2.95. The molecule has 1 heteroatoms. The molecule has 2 atom stereocenters. The molecule has 0 radical (unpaired) electrons. The van der Waals surface area contributed by atoms with E-state index in [0.29, 0.717) is 10.8 Å². The molecule has 1 saturated heterocycles. The second kappa shape index (κ2) is 2.01. The number of hydrogen-bond donors (Lipinski definition) is 1. The highest BCUT2D eigenvalue weighted by molar-refractivity contribution is 5.08. The fourth-order valence-electron chi connectivity index (χ4n) is 2.95. The number of hydrogen-bond acceptors (Lipinski definition) is 1. The van der Waals surface area contributed by atoms with E-state index in [1.165, 1.54) is 25.9 Å². The molecule has 1 saturated carbocycles. The normalized spacial score (nSPS) is 43.4. The van der Waals surface area contributed by atoms with Crippen molar-refractivity contribution in [2.24, 2.45) is 16.7 Å². The van der Waals surface area contributed by atoms with Gasteiger partial charge in [0.05, 0.1) is 0 Å². The maximum atomic E-state index is 3.53. The van der Waals surface area contributed by atoms with Crippen molar-refractivity contribution in [2.45, 2.75) is 33.6 Å². The van der Waals surface area contributed by atoms with Gasteiger partial charge in [-0.3, -0.25) is 0 Å². The summed E-state index contributed by atoms with van der Waals surface area (Å²) < 4.78 is 0. The van der Waals surface area contributed by atoms with E-state index in [1.54, 1.807) is 0 Å². The molecule has 11 heavy (non-hydrogen) atoms. The summed E-state index contributed by atoms with van der Waals surface area (Å²) in [7, 11) is 0. The van der Waals surface area contributed by atoms with Crippen LogP contribution in [0.1, 0.15) is 33.6 Å². The number of fused-ring (bicyclic) bond motifs is 1. The summed E-state index contributed by atoms with van der Waals surface area (Å²) in [5.41, 5.74) is 1.17. The van der Waals surface area contributed by atoms with Crippen LogP contribution >= 0.6 is 0 Å². The fraction of sp³-hybridized carbons (Fsp3) is 1.00. The molecule has 2 unspecified atom stereocenters. The minimum atomic E-state index is 0.513. The zero-order chi connectivity index (χ0) is 8.11. The van der Waals surface area contributed by atoms with E-state index >= 15 is 0 Å². The van der Waals surface area contributed by atoms with Crippen molar-refractivity contribution in [3.8, 4) is 0 Å². The van der Waals surface area contributed by atoms with Crippen LogP contribution in [-0.2, 0) is 0 Å². The van der Waals surface area contributed by atoms with Crippen molar-refractivity contribution >= 4 is 0 Å². The molecule has 1 nitrogen and oxygen atoms in total. The second-order valence-corrected chi connectivity index (χ2v) is 5.27.